The van der Waals surface area contributed by atoms with Crippen LogP contribution in [-0.2, 0) is 9.59 Å². The summed E-state index contributed by atoms with van der Waals surface area (Å²) in [6, 6.07) is 23.4. The van der Waals surface area contributed by atoms with Gasteiger partial charge in [0.25, 0.3) is 11.8 Å². The highest BCUT2D eigenvalue weighted by atomic mass is 16.5. The fourth-order valence-corrected chi connectivity index (χ4v) is 5.02. The van der Waals surface area contributed by atoms with Gasteiger partial charge in [0.2, 0.25) is 0 Å². The van der Waals surface area contributed by atoms with E-state index in [9.17, 15) is 14.7 Å². The Morgan fingerprint density at radius 3 is 1.67 bits per heavy atom. The Balaban J connectivity index is 1.62. The van der Waals surface area contributed by atoms with Crippen molar-refractivity contribution in [3.63, 3.8) is 0 Å². The maximum absolute atomic E-state index is 13.9. The number of anilines is 2. The zero-order valence-corrected chi connectivity index (χ0v) is 20.2. The van der Waals surface area contributed by atoms with Crippen LogP contribution in [0.5, 0.6) is 11.5 Å². The van der Waals surface area contributed by atoms with E-state index >= 15 is 0 Å². The quantitative estimate of drug-likeness (QED) is 0.557. The number of phenols is 1. The molecule has 0 saturated carbocycles. The highest BCUT2D eigenvalue weighted by molar-refractivity contribution is 6.19. The summed E-state index contributed by atoms with van der Waals surface area (Å²) in [5, 5.41) is 23.0. The number of carbonyl (C=O) groups is 2. The largest absolute Gasteiger partial charge is 0.504 e. The van der Waals surface area contributed by atoms with Crippen molar-refractivity contribution in [3.05, 3.63) is 84.4 Å². The van der Waals surface area contributed by atoms with Gasteiger partial charge in [0.15, 0.2) is 11.5 Å². The maximum atomic E-state index is 13.9. The number of benzene rings is 3. The summed E-state index contributed by atoms with van der Waals surface area (Å²) in [5.41, 5.74) is 2.80. The fourth-order valence-electron chi connectivity index (χ4n) is 5.02. The van der Waals surface area contributed by atoms with Crippen LogP contribution in [0.25, 0.3) is 0 Å². The Labute approximate surface area is 209 Å². The number of carbonyl (C=O) groups excluding carboxylic acids is 2. The van der Waals surface area contributed by atoms with Gasteiger partial charge in [-0.3, -0.25) is 9.59 Å². The standard InChI is InChI=1S/C28H26N4O4/c1-17-23(27(34)31(29-17)19-11-6-4-7-12-19)25(21-15-10-16-22(36-3)26(21)33)24-18(2)30-32(28(24)35)20-13-8-5-9-14-20/h4-16,23-25,33H,1-3H3. The lowest BCUT2D eigenvalue weighted by Gasteiger charge is -2.29. The van der Waals surface area contributed by atoms with Crippen molar-refractivity contribution in [3.8, 4) is 11.5 Å². The molecule has 8 nitrogen and oxygen atoms in total. The van der Waals surface area contributed by atoms with Gasteiger partial charge in [0.05, 0.1) is 30.3 Å². The summed E-state index contributed by atoms with van der Waals surface area (Å²) in [6.45, 7) is 3.55. The molecular formula is C28H26N4O4. The summed E-state index contributed by atoms with van der Waals surface area (Å²) < 4.78 is 5.35. The molecule has 1 N–H and O–H groups in total. The number of hydrogen-bond donors (Lipinski definition) is 1. The van der Waals surface area contributed by atoms with Crippen molar-refractivity contribution in [2.24, 2.45) is 22.0 Å². The van der Waals surface area contributed by atoms with E-state index in [0.29, 0.717) is 28.4 Å². The van der Waals surface area contributed by atoms with Crippen molar-refractivity contribution in [2.75, 3.05) is 17.1 Å². The fraction of sp³-hybridized carbons (Fsp3) is 0.214. The van der Waals surface area contributed by atoms with E-state index in [1.54, 1.807) is 56.3 Å². The van der Waals surface area contributed by atoms with E-state index in [1.165, 1.54) is 17.1 Å². The Hall–Kier alpha value is -4.46. The third kappa shape index (κ3) is 3.80. The number of nitrogens with zero attached hydrogens (tertiary/aromatic N) is 4. The van der Waals surface area contributed by atoms with Gasteiger partial charge in [0.1, 0.15) is 0 Å². The van der Waals surface area contributed by atoms with Crippen molar-refractivity contribution in [1.82, 2.24) is 0 Å². The number of ether oxygens (including phenoxy) is 1. The summed E-state index contributed by atoms with van der Waals surface area (Å²) >= 11 is 0. The Bertz CT molecular complexity index is 1290. The molecule has 8 heteroatoms. The summed E-state index contributed by atoms with van der Waals surface area (Å²) in [5.74, 6) is -2.74. The molecule has 0 fully saturated rings. The molecule has 0 aliphatic carbocycles. The van der Waals surface area contributed by atoms with E-state index in [4.69, 9.17) is 4.74 Å². The molecule has 0 radical (unpaired) electrons. The molecule has 5 rings (SSSR count). The van der Waals surface area contributed by atoms with E-state index in [-0.39, 0.29) is 23.3 Å². The minimum absolute atomic E-state index is 0.109. The van der Waals surface area contributed by atoms with Crippen LogP contribution in [0.4, 0.5) is 11.4 Å². The molecule has 2 aliphatic heterocycles. The first kappa shape index (κ1) is 23.3. The van der Waals surface area contributed by atoms with Gasteiger partial charge in [-0.2, -0.15) is 10.2 Å². The monoisotopic (exact) mass is 482 g/mol. The lowest BCUT2D eigenvalue weighted by atomic mass is 9.72. The number of hydrazone groups is 2. The van der Waals surface area contributed by atoms with Gasteiger partial charge in [-0.25, -0.2) is 10.0 Å². The normalized spacial score (nSPS) is 20.4. The molecule has 0 bridgehead atoms. The van der Waals surface area contributed by atoms with Gasteiger partial charge < -0.3 is 9.84 Å². The second kappa shape index (κ2) is 9.30. The average molecular weight is 483 g/mol. The first-order chi connectivity index (χ1) is 17.4. The number of methoxy groups -OCH3 is 1. The predicted octanol–water partition coefficient (Wildman–Crippen LogP) is 4.56. The van der Waals surface area contributed by atoms with E-state index < -0.39 is 17.8 Å². The Morgan fingerprint density at radius 2 is 1.22 bits per heavy atom. The van der Waals surface area contributed by atoms with E-state index in [1.807, 2.05) is 36.4 Å². The van der Waals surface area contributed by atoms with Crippen LogP contribution < -0.4 is 14.8 Å². The maximum Gasteiger partial charge on any atom is 0.256 e. The van der Waals surface area contributed by atoms with Gasteiger partial charge in [-0.05, 0) is 44.2 Å². The zero-order valence-electron chi connectivity index (χ0n) is 20.2. The number of phenolic OH excluding ortho intramolecular Hbond substituents is 1. The topological polar surface area (TPSA) is 94.8 Å². The van der Waals surface area contributed by atoms with Crippen LogP contribution in [0, 0.1) is 11.8 Å². The molecule has 3 aromatic carbocycles. The number of amides is 2. The summed E-state index contributed by atoms with van der Waals surface area (Å²) in [4.78, 5) is 27.7. The van der Waals surface area contributed by atoms with Crippen molar-refractivity contribution in [2.45, 2.75) is 19.8 Å². The van der Waals surface area contributed by atoms with Crippen molar-refractivity contribution in [1.29, 1.82) is 0 Å². The van der Waals surface area contributed by atoms with Crippen LogP contribution in [0.1, 0.15) is 25.3 Å². The number of rotatable bonds is 6. The summed E-state index contributed by atoms with van der Waals surface area (Å²) in [6.07, 6.45) is 0. The van der Waals surface area contributed by atoms with Crippen LogP contribution in [0.15, 0.2) is 89.1 Å². The lowest BCUT2D eigenvalue weighted by Crippen LogP contribution is -2.40. The van der Waals surface area contributed by atoms with E-state index in [0.717, 1.165) is 0 Å². The van der Waals surface area contributed by atoms with E-state index in [2.05, 4.69) is 10.2 Å². The van der Waals surface area contributed by atoms with Crippen LogP contribution >= 0.6 is 0 Å². The highest BCUT2D eigenvalue weighted by Gasteiger charge is 2.51. The Morgan fingerprint density at radius 1 is 0.750 bits per heavy atom. The molecule has 0 aromatic heterocycles. The zero-order chi connectivity index (χ0) is 25.4. The van der Waals surface area contributed by atoms with Gasteiger partial charge >= 0.3 is 0 Å². The molecule has 2 aliphatic rings. The molecule has 2 heterocycles. The number of aromatic hydroxyl groups is 1. The number of para-hydroxylation sites is 3. The molecule has 3 aromatic rings. The molecule has 2 unspecified atom stereocenters. The minimum Gasteiger partial charge on any atom is -0.504 e. The second-order valence-corrected chi connectivity index (χ2v) is 8.83. The molecule has 36 heavy (non-hydrogen) atoms. The molecule has 0 saturated heterocycles. The van der Waals surface area contributed by atoms with Crippen LogP contribution in [0.2, 0.25) is 0 Å². The first-order valence-corrected chi connectivity index (χ1v) is 11.7. The van der Waals surface area contributed by atoms with Gasteiger partial charge in [-0.1, -0.05) is 48.5 Å². The van der Waals surface area contributed by atoms with Crippen molar-refractivity contribution >= 4 is 34.6 Å². The molecular weight excluding hydrogens is 456 g/mol. The van der Waals surface area contributed by atoms with Crippen LogP contribution in [0.3, 0.4) is 0 Å². The molecule has 182 valence electrons. The van der Waals surface area contributed by atoms with Gasteiger partial charge in [0, 0.05) is 22.9 Å². The third-order valence-electron chi connectivity index (χ3n) is 6.69. The van der Waals surface area contributed by atoms with Crippen LogP contribution in [-0.4, -0.2) is 35.5 Å². The first-order valence-electron chi connectivity index (χ1n) is 11.7. The second-order valence-electron chi connectivity index (χ2n) is 8.83. The van der Waals surface area contributed by atoms with Gasteiger partial charge in [-0.15, -0.1) is 0 Å². The highest BCUT2D eigenvalue weighted by Crippen LogP contribution is 2.47. The predicted molar refractivity (Wildman–Crippen MR) is 138 cm³/mol. The SMILES string of the molecule is COc1cccc(C(C2C(=O)N(c3ccccc3)N=C2C)C2C(=O)N(c3ccccc3)N=C2C)c1O. The molecule has 0 spiro atoms. The minimum atomic E-state index is -0.793. The van der Waals surface area contributed by atoms with Crippen molar-refractivity contribution < 1.29 is 19.4 Å². The Kier molecular flexibility index (Phi) is 6.01. The lowest BCUT2D eigenvalue weighted by molar-refractivity contribution is -0.122. The number of hydrogen-bond acceptors (Lipinski definition) is 6. The smallest absolute Gasteiger partial charge is 0.256 e. The summed E-state index contributed by atoms with van der Waals surface area (Å²) in [7, 11) is 1.46. The molecule has 2 amide bonds. The third-order valence-corrected chi connectivity index (χ3v) is 6.69. The molecule has 2 atom stereocenters. The average Bonchev–Trinajstić information content (AvgIpc) is 3.36.